The minimum absolute atomic E-state index is 0.0652. The van der Waals surface area contributed by atoms with Crippen molar-refractivity contribution in [2.24, 2.45) is 7.05 Å². The smallest absolute Gasteiger partial charge is 0.299 e. The second kappa shape index (κ2) is 3.57. The number of aromatic nitrogens is 3. The van der Waals surface area contributed by atoms with Crippen molar-refractivity contribution in [3.05, 3.63) is 10.5 Å². The second-order valence-electron chi connectivity index (χ2n) is 2.36. The summed E-state index contributed by atoms with van der Waals surface area (Å²) in [5, 5.41) is 6.55. The van der Waals surface area contributed by atoms with Gasteiger partial charge in [0.25, 0.3) is 0 Å². The average Bonchev–Trinajstić information content (AvgIpc) is 2.30. The van der Waals surface area contributed by atoms with E-state index in [2.05, 4.69) is 10.2 Å². The monoisotopic (exact) mass is 187 g/mol. The van der Waals surface area contributed by atoms with Crippen LogP contribution in [0.1, 0.15) is 6.92 Å². The van der Waals surface area contributed by atoms with Crippen LogP contribution in [0.4, 0.5) is 0 Å². The molecule has 0 saturated heterocycles. The fourth-order valence-corrected chi connectivity index (χ4v) is 1.35. The van der Waals surface area contributed by atoms with Crippen molar-refractivity contribution in [1.82, 2.24) is 14.8 Å². The standard InChI is InChI=1S/C6H9N3O2S/c1-4(10)3-12-6-8-7-5(11)9(6)2/h3H2,1-2H3,(H,7,11). The summed E-state index contributed by atoms with van der Waals surface area (Å²) in [5.41, 5.74) is -0.263. The van der Waals surface area contributed by atoms with Crippen LogP contribution >= 0.6 is 11.8 Å². The van der Waals surface area contributed by atoms with Crippen LogP contribution in [0.2, 0.25) is 0 Å². The summed E-state index contributed by atoms with van der Waals surface area (Å²) in [6.45, 7) is 1.50. The molecular weight excluding hydrogens is 178 g/mol. The first-order valence-electron chi connectivity index (χ1n) is 3.35. The Labute approximate surface area is 73.2 Å². The summed E-state index contributed by atoms with van der Waals surface area (Å²) < 4.78 is 1.37. The van der Waals surface area contributed by atoms with Gasteiger partial charge in [-0.15, -0.1) is 5.10 Å². The summed E-state index contributed by atoms with van der Waals surface area (Å²) in [7, 11) is 1.61. The number of nitrogens with one attached hydrogen (secondary N) is 1. The van der Waals surface area contributed by atoms with Crippen LogP contribution in [-0.4, -0.2) is 26.3 Å². The molecule has 1 rings (SSSR count). The topological polar surface area (TPSA) is 67.8 Å². The van der Waals surface area contributed by atoms with Gasteiger partial charge in [0.05, 0.1) is 5.75 Å². The minimum Gasteiger partial charge on any atom is -0.299 e. The third-order valence-electron chi connectivity index (χ3n) is 1.24. The molecule has 12 heavy (non-hydrogen) atoms. The number of aromatic amines is 1. The normalized spacial score (nSPS) is 10.2. The lowest BCUT2D eigenvalue weighted by Crippen LogP contribution is -2.13. The molecule has 6 heteroatoms. The van der Waals surface area contributed by atoms with Gasteiger partial charge in [-0.2, -0.15) is 0 Å². The Kier molecular flexibility index (Phi) is 2.69. The molecule has 0 bridgehead atoms. The lowest BCUT2D eigenvalue weighted by atomic mass is 10.5. The van der Waals surface area contributed by atoms with Crippen LogP contribution in [0.3, 0.4) is 0 Å². The van der Waals surface area contributed by atoms with E-state index in [1.165, 1.54) is 23.3 Å². The predicted molar refractivity (Wildman–Crippen MR) is 45.2 cm³/mol. The van der Waals surface area contributed by atoms with E-state index in [1.807, 2.05) is 0 Å². The van der Waals surface area contributed by atoms with Crippen LogP contribution in [-0.2, 0) is 11.8 Å². The number of thioether (sulfide) groups is 1. The fraction of sp³-hybridized carbons (Fsp3) is 0.500. The maximum absolute atomic E-state index is 10.8. The first kappa shape index (κ1) is 9.05. The number of Topliss-reactive ketones (excluding diaryl/α,β-unsaturated/α-hetero) is 1. The van der Waals surface area contributed by atoms with Crippen molar-refractivity contribution >= 4 is 17.5 Å². The van der Waals surface area contributed by atoms with E-state index < -0.39 is 0 Å². The summed E-state index contributed by atoms with van der Waals surface area (Å²) in [4.78, 5) is 21.4. The van der Waals surface area contributed by atoms with Gasteiger partial charge in [-0.1, -0.05) is 11.8 Å². The molecule has 0 spiro atoms. The van der Waals surface area contributed by atoms with Crippen molar-refractivity contribution in [1.29, 1.82) is 0 Å². The molecule has 66 valence electrons. The number of carbonyl (C=O) groups excluding carboxylic acids is 1. The number of carbonyl (C=O) groups is 1. The Balaban J connectivity index is 2.70. The first-order valence-corrected chi connectivity index (χ1v) is 4.33. The Morgan fingerprint density at radius 1 is 1.75 bits per heavy atom. The molecule has 5 nitrogen and oxygen atoms in total. The van der Waals surface area contributed by atoms with Gasteiger partial charge in [-0.25, -0.2) is 9.89 Å². The third kappa shape index (κ3) is 1.97. The molecule has 0 aliphatic carbocycles. The van der Waals surface area contributed by atoms with Crippen LogP contribution in [0, 0.1) is 0 Å². The zero-order chi connectivity index (χ0) is 9.14. The Morgan fingerprint density at radius 2 is 2.42 bits per heavy atom. The second-order valence-corrected chi connectivity index (χ2v) is 3.30. The van der Waals surface area contributed by atoms with Crippen molar-refractivity contribution in [2.75, 3.05) is 5.75 Å². The van der Waals surface area contributed by atoms with E-state index in [0.717, 1.165) is 0 Å². The third-order valence-corrected chi connectivity index (χ3v) is 2.42. The number of H-pyrrole nitrogens is 1. The SMILES string of the molecule is CC(=O)CSc1n[nH]c(=O)n1C. The van der Waals surface area contributed by atoms with Crippen LogP contribution in [0.5, 0.6) is 0 Å². The largest absolute Gasteiger partial charge is 0.343 e. The summed E-state index contributed by atoms with van der Waals surface area (Å²) >= 11 is 1.25. The van der Waals surface area contributed by atoms with E-state index in [9.17, 15) is 9.59 Å². The number of rotatable bonds is 3. The molecule has 1 heterocycles. The van der Waals surface area contributed by atoms with Crippen LogP contribution in [0.25, 0.3) is 0 Å². The van der Waals surface area contributed by atoms with Gasteiger partial charge in [0.1, 0.15) is 5.78 Å². The maximum atomic E-state index is 10.8. The van der Waals surface area contributed by atoms with Crippen molar-refractivity contribution in [3.8, 4) is 0 Å². The van der Waals surface area contributed by atoms with E-state index in [1.54, 1.807) is 7.05 Å². The predicted octanol–water partition coefficient (Wildman–Crippen LogP) is -0.211. The number of ketones is 1. The first-order chi connectivity index (χ1) is 5.61. The highest BCUT2D eigenvalue weighted by atomic mass is 32.2. The molecule has 1 aromatic heterocycles. The fourth-order valence-electron chi connectivity index (χ4n) is 0.628. The number of hydrogen-bond acceptors (Lipinski definition) is 4. The highest BCUT2D eigenvalue weighted by molar-refractivity contribution is 7.99. The Bertz CT molecular complexity index is 341. The average molecular weight is 187 g/mol. The molecule has 0 saturated carbocycles. The molecule has 0 unspecified atom stereocenters. The molecule has 0 aliphatic heterocycles. The maximum Gasteiger partial charge on any atom is 0.343 e. The highest BCUT2D eigenvalue weighted by Crippen LogP contribution is 2.10. The van der Waals surface area contributed by atoms with Gasteiger partial charge in [0, 0.05) is 7.05 Å². The number of nitrogens with zero attached hydrogens (tertiary/aromatic N) is 2. The quantitative estimate of drug-likeness (QED) is 0.665. The summed E-state index contributed by atoms with van der Waals surface area (Å²) in [5.74, 6) is 0.411. The van der Waals surface area contributed by atoms with Crippen LogP contribution < -0.4 is 5.69 Å². The van der Waals surface area contributed by atoms with Gasteiger partial charge in [-0.05, 0) is 6.92 Å². The van der Waals surface area contributed by atoms with Gasteiger partial charge < -0.3 is 0 Å². The molecule has 0 aromatic carbocycles. The summed E-state index contributed by atoms with van der Waals surface area (Å²) in [6, 6.07) is 0. The van der Waals surface area contributed by atoms with E-state index in [4.69, 9.17) is 0 Å². The molecule has 0 atom stereocenters. The zero-order valence-corrected chi connectivity index (χ0v) is 7.64. The Hall–Kier alpha value is -1.04. The van der Waals surface area contributed by atoms with Gasteiger partial charge >= 0.3 is 5.69 Å². The van der Waals surface area contributed by atoms with Gasteiger partial charge in [-0.3, -0.25) is 9.36 Å². The number of hydrogen-bond donors (Lipinski definition) is 1. The van der Waals surface area contributed by atoms with Crippen molar-refractivity contribution in [3.63, 3.8) is 0 Å². The van der Waals surface area contributed by atoms with Crippen LogP contribution in [0.15, 0.2) is 9.95 Å². The molecule has 0 radical (unpaired) electrons. The molecule has 0 aliphatic rings. The molecule has 1 aromatic rings. The summed E-state index contributed by atoms with van der Waals surface area (Å²) in [6.07, 6.45) is 0. The zero-order valence-electron chi connectivity index (χ0n) is 6.83. The van der Waals surface area contributed by atoms with Crippen molar-refractivity contribution in [2.45, 2.75) is 12.1 Å². The minimum atomic E-state index is -0.263. The Morgan fingerprint density at radius 3 is 2.83 bits per heavy atom. The van der Waals surface area contributed by atoms with Gasteiger partial charge in [0.2, 0.25) is 0 Å². The molecule has 0 fully saturated rings. The van der Waals surface area contributed by atoms with Gasteiger partial charge in [0.15, 0.2) is 5.16 Å². The molecular formula is C6H9N3O2S. The lowest BCUT2D eigenvalue weighted by molar-refractivity contribution is -0.114. The highest BCUT2D eigenvalue weighted by Gasteiger charge is 2.04. The van der Waals surface area contributed by atoms with E-state index >= 15 is 0 Å². The molecule has 1 N–H and O–H groups in total. The molecule has 0 amide bonds. The van der Waals surface area contributed by atoms with E-state index in [0.29, 0.717) is 10.9 Å². The lowest BCUT2D eigenvalue weighted by Gasteiger charge is -1.94. The van der Waals surface area contributed by atoms with E-state index in [-0.39, 0.29) is 11.5 Å². The van der Waals surface area contributed by atoms with Crippen molar-refractivity contribution < 1.29 is 4.79 Å².